The first kappa shape index (κ1) is 22.9. The van der Waals surface area contributed by atoms with E-state index in [0.717, 1.165) is 54.0 Å². The second-order valence-corrected chi connectivity index (χ2v) is 9.51. The van der Waals surface area contributed by atoms with Crippen LogP contribution >= 0.6 is 11.6 Å². The maximum atomic E-state index is 6.06. The molecule has 0 amide bonds. The van der Waals surface area contributed by atoms with E-state index in [-0.39, 0.29) is 12.1 Å². The molecule has 5 heteroatoms. The SMILES string of the molecule is Cc1[nH]c(-c2ccc(Cl)cc2)nc1C(C)N1CCN(C(c2ccccc2)c2ccccc2)CC1. The summed E-state index contributed by atoms with van der Waals surface area (Å²) in [6.07, 6.45) is 0. The third kappa shape index (κ3) is 4.80. The number of rotatable bonds is 6. The molecule has 5 rings (SSSR count). The van der Waals surface area contributed by atoms with Gasteiger partial charge in [-0.1, -0.05) is 72.3 Å². The predicted molar refractivity (Wildman–Crippen MR) is 140 cm³/mol. The molecule has 3 aromatic carbocycles. The lowest BCUT2D eigenvalue weighted by molar-refractivity contribution is 0.0826. The molecule has 4 nitrogen and oxygen atoms in total. The molecule has 1 unspecified atom stereocenters. The van der Waals surface area contributed by atoms with Gasteiger partial charge in [-0.05, 0) is 49.2 Å². The van der Waals surface area contributed by atoms with E-state index in [4.69, 9.17) is 16.6 Å². The van der Waals surface area contributed by atoms with Crippen molar-refractivity contribution in [2.75, 3.05) is 26.2 Å². The van der Waals surface area contributed by atoms with Crippen molar-refractivity contribution < 1.29 is 0 Å². The Morgan fingerprint density at radius 3 is 1.85 bits per heavy atom. The lowest BCUT2D eigenvalue weighted by atomic mass is 9.96. The molecule has 1 saturated heterocycles. The van der Waals surface area contributed by atoms with Gasteiger partial charge < -0.3 is 4.98 Å². The summed E-state index contributed by atoms with van der Waals surface area (Å²) in [6.45, 7) is 8.46. The van der Waals surface area contributed by atoms with Crippen LogP contribution in [0.25, 0.3) is 11.4 Å². The Bertz CT molecular complexity index is 1160. The van der Waals surface area contributed by atoms with Crippen molar-refractivity contribution >= 4 is 11.6 Å². The van der Waals surface area contributed by atoms with E-state index >= 15 is 0 Å². The van der Waals surface area contributed by atoms with Gasteiger partial charge >= 0.3 is 0 Å². The summed E-state index contributed by atoms with van der Waals surface area (Å²) in [7, 11) is 0. The Labute approximate surface area is 207 Å². The first-order valence-corrected chi connectivity index (χ1v) is 12.4. The molecule has 4 aromatic rings. The molecular formula is C29H31ClN4. The van der Waals surface area contributed by atoms with Crippen molar-refractivity contribution in [1.82, 2.24) is 19.8 Å². The lowest BCUT2D eigenvalue weighted by Crippen LogP contribution is -2.48. The fourth-order valence-electron chi connectivity index (χ4n) is 5.07. The molecule has 1 atom stereocenters. The third-order valence-electron chi connectivity index (χ3n) is 6.93. The highest BCUT2D eigenvalue weighted by Gasteiger charge is 2.29. The van der Waals surface area contributed by atoms with Crippen LogP contribution in [0.1, 0.15) is 41.5 Å². The van der Waals surface area contributed by atoms with Gasteiger partial charge in [0.05, 0.1) is 17.8 Å². The van der Waals surface area contributed by atoms with Crippen LogP contribution in [0.15, 0.2) is 84.9 Å². The minimum Gasteiger partial charge on any atom is -0.342 e. The number of nitrogens with zero attached hydrogens (tertiary/aromatic N) is 3. The van der Waals surface area contributed by atoms with Crippen LogP contribution in [0.5, 0.6) is 0 Å². The molecule has 0 bridgehead atoms. The van der Waals surface area contributed by atoms with Gasteiger partial charge in [0.25, 0.3) is 0 Å². The van der Waals surface area contributed by atoms with Crippen molar-refractivity contribution in [2.24, 2.45) is 0 Å². The smallest absolute Gasteiger partial charge is 0.137 e. The second kappa shape index (κ2) is 10.1. The summed E-state index contributed by atoms with van der Waals surface area (Å²) in [5.74, 6) is 0.905. The molecule has 2 heterocycles. The van der Waals surface area contributed by atoms with Crippen LogP contribution in [0.4, 0.5) is 0 Å². The van der Waals surface area contributed by atoms with Gasteiger partial charge in [-0.3, -0.25) is 9.80 Å². The van der Waals surface area contributed by atoms with E-state index in [2.05, 4.69) is 89.3 Å². The highest BCUT2D eigenvalue weighted by molar-refractivity contribution is 6.30. The zero-order valence-corrected chi connectivity index (χ0v) is 20.5. The highest BCUT2D eigenvalue weighted by Crippen LogP contribution is 2.32. The van der Waals surface area contributed by atoms with Crippen molar-refractivity contribution in [3.63, 3.8) is 0 Å². The Hall–Kier alpha value is -2.92. The van der Waals surface area contributed by atoms with Gasteiger partial charge in [-0.15, -0.1) is 0 Å². The Morgan fingerprint density at radius 1 is 0.765 bits per heavy atom. The first-order valence-electron chi connectivity index (χ1n) is 12.0. The van der Waals surface area contributed by atoms with E-state index in [9.17, 15) is 0 Å². The van der Waals surface area contributed by atoms with Crippen LogP contribution < -0.4 is 0 Å². The largest absolute Gasteiger partial charge is 0.342 e. The molecule has 34 heavy (non-hydrogen) atoms. The number of H-pyrrole nitrogens is 1. The Kier molecular flexibility index (Phi) is 6.82. The van der Waals surface area contributed by atoms with Gasteiger partial charge in [-0.2, -0.15) is 0 Å². The zero-order valence-electron chi connectivity index (χ0n) is 19.8. The molecule has 1 aliphatic heterocycles. The average Bonchev–Trinajstić information content (AvgIpc) is 3.27. The molecule has 0 spiro atoms. The quantitative estimate of drug-likeness (QED) is 0.349. The normalized spacial score (nSPS) is 16.1. The van der Waals surface area contributed by atoms with Gasteiger partial charge in [0.2, 0.25) is 0 Å². The second-order valence-electron chi connectivity index (χ2n) is 9.07. The van der Waals surface area contributed by atoms with Gasteiger partial charge in [-0.25, -0.2) is 4.98 Å². The number of hydrogen-bond acceptors (Lipinski definition) is 3. The monoisotopic (exact) mass is 470 g/mol. The summed E-state index contributed by atoms with van der Waals surface area (Å²) in [5.41, 5.74) is 6.02. The lowest BCUT2D eigenvalue weighted by Gasteiger charge is -2.41. The zero-order chi connectivity index (χ0) is 23.5. The standard InChI is InChI=1S/C29H31ClN4/c1-21-27(32-29(31-21)25-13-15-26(30)16-14-25)22(2)33-17-19-34(20-18-33)28(23-9-5-3-6-10-23)24-11-7-4-8-12-24/h3-16,22,28H,17-20H2,1-2H3,(H,31,32). The van der Waals surface area contributed by atoms with Crippen molar-refractivity contribution in [3.05, 3.63) is 112 Å². The third-order valence-corrected chi connectivity index (χ3v) is 7.18. The summed E-state index contributed by atoms with van der Waals surface area (Å²) >= 11 is 6.06. The fourth-order valence-corrected chi connectivity index (χ4v) is 5.19. The number of hydrogen-bond donors (Lipinski definition) is 1. The number of aryl methyl sites for hydroxylation is 1. The number of aromatic amines is 1. The predicted octanol–water partition coefficient (Wildman–Crippen LogP) is 6.51. The van der Waals surface area contributed by atoms with E-state index < -0.39 is 0 Å². The highest BCUT2D eigenvalue weighted by atomic mass is 35.5. The minimum absolute atomic E-state index is 0.256. The van der Waals surface area contributed by atoms with Crippen LogP contribution in [0.3, 0.4) is 0 Å². The Morgan fingerprint density at radius 2 is 1.29 bits per heavy atom. The van der Waals surface area contributed by atoms with Crippen molar-refractivity contribution in [2.45, 2.75) is 25.9 Å². The minimum atomic E-state index is 0.256. The molecule has 0 saturated carbocycles. The molecule has 0 aliphatic carbocycles. The van der Waals surface area contributed by atoms with Crippen LogP contribution in [-0.2, 0) is 0 Å². The van der Waals surface area contributed by atoms with E-state index in [0.29, 0.717) is 0 Å². The first-order chi connectivity index (χ1) is 16.6. The van der Waals surface area contributed by atoms with E-state index in [1.54, 1.807) is 0 Å². The number of nitrogens with one attached hydrogen (secondary N) is 1. The molecule has 174 valence electrons. The van der Waals surface area contributed by atoms with Crippen LogP contribution in [-0.4, -0.2) is 45.9 Å². The molecule has 1 fully saturated rings. The van der Waals surface area contributed by atoms with E-state index in [1.165, 1.54) is 11.1 Å². The maximum absolute atomic E-state index is 6.06. The number of halogens is 1. The van der Waals surface area contributed by atoms with Crippen LogP contribution in [0, 0.1) is 6.92 Å². The molecule has 0 radical (unpaired) electrons. The van der Waals surface area contributed by atoms with Crippen LogP contribution in [0.2, 0.25) is 5.02 Å². The fraction of sp³-hybridized carbons (Fsp3) is 0.276. The summed E-state index contributed by atoms with van der Waals surface area (Å²) in [5, 5.41) is 0.739. The van der Waals surface area contributed by atoms with Crippen molar-refractivity contribution in [1.29, 1.82) is 0 Å². The maximum Gasteiger partial charge on any atom is 0.137 e. The van der Waals surface area contributed by atoms with Gasteiger partial charge in [0.15, 0.2) is 0 Å². The van der Waals surface area contributed by atoms with Gasteiger partial charge in [0, 0.05) is 42.5 Å². The molecular weight excluding hydrogens is 440 g/mol. The summed E-state index contributed by atoms with van der Waals surface area (Å²) in [4.78, 5) is 13.6. The number of aromatic nitrogens is 2. The summed E-state index contributed by atoms with van der Waals surface area (Å²) in [6, 6.07) is 30.1. The Balaban J connectivity index is 1.31. The number of piperazine rings is 1. The van der Waals surface area contributed by atoms with Crippen molar-refractivity contribution in [3.8, 4) is 11.4 Å². The molecule has 1 aliphatic rings. The number of benzene rings is 3. The van der Waals surface area contributed by atoms with E-state index in [1.807, 2.05) is 24.3 Å². The summed E-state index contributed by atoms with van der Waals surface area (Å²) < 4.78 is 0. The topological polar surface area (TPSA) is 35.2 Å². The molecule has 1 N–H and O–H groups in total. The van der Waals surface area contributed by atoms with Gasteiger partial charge in [0.1, 0.15) is 5.82 Å². The number of imidazole rings is 1. The average molecular weight is 471 g/mol. The molecule has 1 aromatic heterocycles.